The fourth-order valence-electron chi connectivity index (χ4n) is 3.28. The van der Waals surface area contributed by atoms with Crippen molar-refractivity contribution in [2.75, 3.05) is 19.7 Å². The lowest BCUT2D eigenvalue weighted by atomic mass is 10.2. The summed E-state index contributed by atoms with van der Waals surface area (Å²) in [6.45, 7) is 7.01. The maximum absolute atomic E-state index is 10.3. The number of aryl methyl sites for hydroxylation is 2. The molecule has 1 aliphatic heterocycles. The van der Waals surface area contributed by atoms with Gasteiger partial charge < -0.3 is 9.84 Å². The second-order valence-electron chi connectivity index (χ2n) is 6.81. The van der Waals surface area contributed by atoms with Gasteiger partial charge in [-0.2, -0.15) is 5.10 Å². The summed E-state index contributed by atoms with van der Waals surface area (Å²) in [5, 5.41) is 14.7. The van der Waals surface area contributed by atoms with Crippen LogP contribution in [0.15, 0.2) is 36.7 Å². The first-order chi connectivity index (χ1) is 11.6. The molecule has 3 rings (SSSR count). The van der Waals surface area contributed by atoms with Crippen LogP contribution in [0.25, 0.3) is 0 Å². The summed E-state index contributed by atoms with van der Waals surface area (Å²) in [7, 11) is 0. The predicted octanol–water partition coefficient (Wildman–Crippen LogP) is 2.40. The minimum atomic E-state index is -0.480. The van der Waals surface area contributed by atoms with Crippen LogP contribution >= 0.6 is 0 Å². The van der Waals surface area contributed by atoms with Crippen LogP contribution in [0.3, 0.4) is 0 Å². The number of aliphatic hydroxyl groups is 1. The van der Waals surface area contributed by atoms with Crippen LogP contribution in [-0.4, -0.2) is 51.6 Å². The van der Waals surface area contributed by atoms with Crippen molar-refractivity contribution in [3.63, 3.8) is 0 Å². The second-order valence-corrected chi connectivity index (χ2v) is 6.81. The molecule has 0 radical (unpaired) electrons. The monoisotopic (exact) mass is 329 g/mol. The van der Waals surface area contributed by atoms with E-state index in [1.165, 1.54) is 17.5 Å². The Bertz CT molecular complexity index is 638. The van der Waals surface area contributed by atoms with E-state index in [4.69, 9.17) is 4.74 Å². The summed E-state index contributed by atoms with van der Waals surface area (Å²) in [6, 6.07) is 8.37. The summed E-state index contributed by atoms with van der Waals surface area (Å²) in [6.07, 6.45) is 5.82. The number of aromatic nitrogens is 2. The molecule has 0 saturated carbocycles. The number of likely N-dealkylation sites (tertiary alicyclic amines) is 1. The molecular weight excluding hydrogens is 302 g/mol. The van der Waals surface area contributed by atoms with Crippen molar-refractivity contribution in [2.45, 2.75) is 45.4 Å². The lowest BCUT2D eigenvalue weighted by molar-refractivity contribution is 0.0609. The zero-order valence-corrected chi connectivity index (χ0v) is 14.6. The van der Waals surface area contributed by atoms with Crippen molar-refractivity contribution in [1.82, 2.24) is 14.7 Å². The number of hydrogen-bond donors (Lipinski definition) is 1. The quantitative estimate of drug-likeness (QED) is 0.847. The van der Waals surface area contributed by atoms with Crippen molar-refractivity contribution >= 4 is 0 Å². The van der Waals surface area contributed by atoms with Crippen molar-refractivity contribution in [3.8, 4) is 5.75 Å². The molecule has 1 saturated heterocycles. The molecule has 2 heterocycles. The Labute approximate surface area is 143 Å². The van der Waals surface area contributed by atoms with Crippen LogP contribution in [0.4, 0.5) is 0 Å². The first-order valence-corrected chi connectivity index (χ1v) is 8.71. The van der Waals surface area contributed by atoms with Gasteiger partial charge >= 0.3 is 0 Å². The number of ether oxygens (including phenoxy) is 1. The van der Waals surface area contributed by atoms with E-state index in [1.807, 2.05) is 42.1 Å². The number of rotatable bonds is 7. The van der Waals surface area contributed by atoms with Crippen LogP contribution in [0.1, 0.15) is 24.0 Å². The molecule has 130 valence electrons. The fraction of sp³-hybridized carbons (Fsp3) is 0.526. The highest BCUT2D eigenvalue weighted by Crippen LogP contribution is 2.19. The standard InChI is InChI=1S/C19H27N3O2/c1-15-5-7-19(8-6-15)24-14-18(23)13-21-9-3-4-17(21)12-22-11-16(2)10-20-22/h5-8,10-11,17-18,23H,3-4,9,12-14H2,1-2H3. The van der Waals surface area contributed by atoms with E-state index in [1.54, 1.807) is 0 Å². The van der Waals surface area contributed by atoms with E-state index in [9.17, 15) is 5.11 Å². The van der Waals surface area contributed by atoms with Gasteiger partial charge in [0.05, 0.1) is 12.7 Å². The summed E-state index contributed by atoms with van der Waals surface area (Å²) < 4.78 is 7.70. The zero-order valence-electron chi connectivity index (χ0n) is 14.6. The van der Waals surface area contributed by atoms with E-state index in [-0.39, 0.29) is 0 Å². The maximum atomic E-state index is 10.3. The van der Waals surface area contributed by atoms with E-state index in [2.05, 4.69) is 23.1 Å². The van der Waals surface area contributed by atoms with Gasteiger partial charge in [0.25, 0.3) is 0 Å². The average molecular weight is 329 g/mol. The van der Waals surface area contributed by atoms with Crippen molar-refractivity contribution in [3.05, 3.63) is 47.8 Å². The number of nitrogens with zero attached hydrogens (tertiary/aromatic N) is 3. The molecule has 24 heavy (non-hydrogen) atoms. The predicted molar refractivity (Wildman–Crippen MR) is 94.2 cm³/mol. The summed E-state index contributed by atoms with van der Waals surface area (Å²) in [5.74, 6) is 0.810. The molecule has 5 heteroatoms. The Kier molecular flexibility index (Phi) is 5.53. The molecule has 1 aromatic carbocycles. The van der Waals surface area contributed by atoms with Crippen LogP contribution in [0, 0.1) is 13.8 Å². The third-order valence-corrected chi connectivity index (χ3v) is 4.57. The molecule has 0 bridgehead atoms. The molecule has 2 aromatic rings. The van der Waals surface area contributed by atoms with Crippen LogP contribution in [0.2, 0.25) is 0 Å². The van der Waals surface area contributed by atoms with Gasteiger partial charge in [-0.3, -0.25) is 9.58 Å². The van der Waals surface area contributed by atoms with Crippen molar-refractivity contribution < 1.29 is 9.84 Å². The van der Waals surface area contributed by atoms with Crippen molar-refractivity contribution in [1.29, 1.82) is 0 Å². The first-order valence-electron chi connectivity index (χ1n) is 8.71. The molecule has 2 atom stereocenters. The van der Waals surface area contributed by atoms with E-state index < -0.39 is 6.10 Å². The van der Waals surface area contributed by atoms with Gasteiger partial charge in [0.15, 0.2) is 0 Å². The number of benzene rings is 1. The first kappa shape index (κ1) is 17.0. The molecule has 1 aliphatic rings. The molecule has 1 N–H and O–H groups in total. The molecule has 0 spiro atoms. The van der Waals surface area contributed by atoms with Gasteiger partial charge in [0.1, 0.15) is 18.5 Å². The largest absolute Gasteiger partial charge is 0.491 e. The summed E-state index contributed by atoms with van der Waals surface area (Å²) in [4.78, 5) is 2.36. The highest BCUT2D eigenvalue weighted by atomic mass is 16.5. The lowest BCUT2D eigenvalue weighted by Gasteiger charge is -2.26. The van der Waals surface area contributed by atoms with E-state index in [0.29, 0.717) is 19.2 Å². The summed E-state index contributed by atoms with van der Waals surface area (Å²) in [5.41, 5.74) is 2.39. The van der Waals surface area contributed by atoms with Gasteiger partial charge in [-0.05, 0) is 50.9 Å². The number of hydrogen-bond acceptors (Lipinski definition) is 4. The Morgan fingerprint density at radius 1 is 1.25 bits per heavy atom. The SMILES string of the molecule is Cc1ccc(OCC(O)CN2CCCC2Cn2cc(C)cn2)cc1. The van der Waals surface area contributed by atoms with Gasteiger partial charge in [-0.25, -0.2) is 0 Å². The number of β-amino-alcohol motifs (C(OH)–C–C–N with tert-alkyl or cyclic N) is 1. The second kappa shape index (κ2) is 7.81. The molecule has 2 unspecified atom stereocenters. The Morgan fingerprint density at radius 2 is 2.04 bits per heavy atom. The van der Waals surface area contributed by atoms with E-state index >= 15 is 0 Å². The Balaban J connectivity index is 1.47. The molecule has 5 nitrogen and oxygen atoms in total. The van der Waals surface area contributed by atoms with Crippen LogP contribution < -0.4 is 4.74 Å². The van der Waals surface area contributed by atoms with Gasteiger partial charge in [-0.1, -0.05) is 17.7 Å². The lowest BCUT2D eigenvalue weighted by Crippen LogP contribution is -2.40. The van der Waals surface area contributed by atoms with E-state index in [0.717, 1.165) is 25.3 Å². The smallest absolute Gasteiger partial charge is 0.119 e. The number of aliphatic hydroxyl groups excluding tert-OH is 1. The molecule has 0 aliphatic carbocycles. The van der Waals surface area contributed by atoms with Crippen LogP contribution in [0.5, 0.6) is 5.75 Å². The third kappa shape index (κ3) is 4.58. The maximum Gasteiger partial charge on any atom is 0.119 e. The summed E-state index contributed by atoms with van der Waals surface area (Å²) >= 11 is 0. The Hall–Kier alpha value is -1.85. The minimum absolute atomic E-state index is 0.327. The van der Waals surface area contributed by atoms with Gasteiger partial charge in [-0.15, -0.1) is 0 Å². The zero-order chi connectivity index (χ0) is 16.9. The highest BCUT2D eigenvalue weighted by molar-refractivity contribution is 5.26. The van der Waals surface area contributed by atoms with Gasteiger partial charge in [0, 0.05) is 18.8 Å². The third-order valence-electron chi connectivity index (χ3n) is 4.57. The minimum Gasteiger partial charge on any atom is -0.491 e. The average Bonchev–Trinajstić information content (AvgIpc) is 3.16. The normalized spacial score (nSPS) is 19.5. The van der Waals surface area contributed by atoms with Gasteiger partial charge in [0.2, 0.25) is 0 Å². The molecular formula is C19H27N3O2. The van der Waals surface area contributed by atoms with Crippen molar-refractivity contribution in [2.24, 2.45) is 0 Å². The highest BCUT2D eigenvalue weighted by Gasteiger charge is 2.26. The molecule has 1 aromatic heterocycles. The van der Waals surface area contributed by atoms with Crippen LogP contribution in [-0.2, 0) is 6.54 Å². The molecule has 1 fully saturated rings. The topological polar surface area (TPSA) is 50.5 Å². The fourth-order valence-corrected chi connectivity index (χ4v) is 3.28. The Morgan fingerprint density at radius 3 is 2.75 bits per heavy atom. The molecule has 0 amide bonds.